The molecular weight excluding hydrogens is 239 g/mol. The molecule has 0 amide bonds. The van der Waals surface area contributed by atoms with Crippen LogP contribution in [0, 0.1) is 5.82 Å². The summed E-state index contributed by atoms with van der Waals surface area (Å²) < 4.78 is 18.9. The van der Waals surface area contributed by atoms with Crippen LogP contribution < -0.4 is 10.6 Å². The van der Waals surface area contributed by atoms with E-state index in [-0.39, 0.29) is 16.9 Å². The summed E-state index contributed by atoms with van der Waals surface area (Å²) in [4.78, 5) is 12.5. The number of hydrogen-bond donors (Lipinski definition) is 2. The average Bonchev–Trinajstić information content (AvgIpc) is 2.28. The molecule has 0 aliphatic heterocycles. The van der Waals surface area contributed by atoms with Gasteiger partial charge in [-0.3, -0.25) is 0 Å². The second-order valence-electron chi connectivity index (χ2n) is 3.81. The molecule has 0 aliphatic rings. The Balaban J connectivity index is 2.93. The lowest BCUT2D eigenvalue weighted by molar-refractivity contribution is 0.0698. The summed E-state index contributed by atoms with van der Waals surface area (Å²) in [6, 6.07) is 2.26. The normalized spacial score (nSPS) is 10.4. The van der Waals surface area contributed by atoms with E-state index < -0.39 is 11.8 Å². The smallest absolute Gasteiger partial charge is 0.337 e. The van der Waals surface area contributed by atoms with Gasteiger partial charge in [0.05, 0.1) is 17.9 Å². The van der Waals surface area contributed by atoms with Gasteiger partial charge in [-0.15, -0.1) is 0 Å². The minimum atomic E-state index is -1.17. The van der Waals surface area contributed by atoms with E-state index in [4.69, 9.17) is 15.6 Å². The SMILES string of the molecule is CCOCCN(C)c1cc(C(=O)O)c(N)cc1F. The minimum Gasteiger partial charge on any atom is -0.478 e. The number of rotatable bonds is 6. The molecule has 0 radical (unpaired) electrons. The van der Waals surface area contributed by atoms with Gasteiger partial charge < -0.3 is 20.5 Å². The molecule has 1 aromatic rings. The van der Waals surface area contributed by atoms with Gasteiger partial charge in [0.25, 0.3) is 0 Å². The second-order valence-corrected chi connectivity index (χ2v) is 3.81. The Kier molecular flexibility index (Phi) is 4.91. The van der Waals surface area contributed by atoms with Gasteiger partial charge in [-0.25, -0.2) is 9.18 Å². The molecule has 0 fully saturated rings. The number of nitrogens with zero attached hydrogens (tertiary/aromatic N) is 1. The third kappa shape index (κ3) is 3.33. The van der Waals surface area contributed by atoms with Gasteiger partial charge >= 0.3 is 5.97 Å². The number of likely N-dealkylation sites (N-methyl/N-ethyl adjacent to an activating group) is 1. The highest BCUT2D eigenvalue weighted by Crippen LogP contribution is 2.24. The van der Waals surface area contributed by atoms with Gasteiger partial charge in [-0.2, -0.15) is 0 Å². The van der Waals surface area contributed by atoms with Crippen LogP contribution >= 0.6 is 0 Å². The molecular formula is C12H17FN2O3. The molecule has 0 saturated heterocycles. The molecule has 1 rings (SSSR count). The summed E-state index contributed by atoms with van der Waals surface area (Å²) in [5.41, 5.74) is 5.46. The van der Waals surface area contributed by atoms with Crippen LogP contribution in [0.15, 0.2) is 12.1 Å². The van der Waals surface area contributed by atoms with Crippen molar-refractivity contribution in [2.45, 2.75) is 6.92 Å². The maximum absolute atomic E-state index is 13.7. The molecule has 0 aromatic heterocycles. The molecule has 0 unspecified atom stereocenters. The van der Waals surface area contributed by atoms with E-state index in [1.165, 1.54) is 6.07 Å². The molecule has 0 heterocycles. The zero-order chi connectivity index (χ0) is 13.7. The van der Waals surface area contributed by atoms with Crippen molar-refractivity contribution in [2.75, 3.05) is 37.4 Å². The lowest BCUT2D eigenvalue weighted by Gasteiger charge is -2.20. The maximum atomic E-state index is 13.7. The lowest BCUT2D eigenvalue weighted by atomic mass is 10.1. The summed E-state index contributed by atoms with van der Waals surface area (Å²) in [5.74, 6) is -1.72. The topological polar surface area (TPSA) is 75.8 Å². The van der Waals surface area contributed by atoms with Crippen LogP contribution in [0.25, 0.3) is 0 Å². The number of ether oxygens (including phenoxy) is 1. The van der Waals surface area contributed by atoms with Gasteiger partial charge in [-0.1, -0.05) is 0 Å². The number of aromatic carboxylic acids is 1. The third-order valence-electron chi connectivity index (χ3n) is 2.54. The Bertz CT molecular complexity index is 438. The van der Waals surface area contributed by atoms with E-state index in [2.05, 4.69) is 0 Å². The summed E-state index contributed by atoms with van der Waals surface area (Å²) >= 11 is 0. The van der Waals surface area contributed by atoms with Crippen LogP contribution in [-0.2, 0) is 4.74 Å². The number of nitrogen functional groups attached to an aromatic ring is 1. The predicted molar refractivity (Wildman–Crippen MR) is 67.5 cm³/mol. The summed E-state index contributed by atoms with van der Waals surface area (Å²) in [7, 11) is 1.67. The van der Waals surface area contributed by atoms with Crippen molar-refractivity contribution < 1.29 is 19.0 Å². The van der Waals surface area contributed by atoms with E-state index in [9.17, 15) is 9.18 Å². The lowest BCUT2D eigenvalue weighted by Crippen LogP contribution is -2.24. The first-order chi connectivity index (χ1) is 8.47. The Hall–Kier alpha value is -1.82. The number of carboxylic acids is 1. The fourth-order valence-corrected chi connectivity index (χ4v) is 1.52. The molecule has 100 valence electrons. The van der Waals surface area contributed by atoms with Crippen molar-refractivity contribution in [1.29, 1.82) is 0 Å². The minimum absolute atomic E-state index is 0.0815. The van der Waals surface area contributed by atoms with E-state index in [0.717, 1.165) is 6.07 Å². The van der Waals surface area contributed by atoms with Crippen LogP contribution in [0.1, 0.15) is 17.3 Å². The van der Waals surface area contributed by atoms with E-state index in [1.54, 1.807) is 11.9 Å². The number of halogens is 1. The monoisotopic (exact) mass is 256 g/mol. The van der Waals surface area contributed by atoms with Gasteiger partial charge in [-0.05, 0) is 19.1 Å². The predicted octanol–water partition coefficient (Wildman–Crippen LogP) is 1.58. The standard InChI is InChI=1S/C12H17FN2O3/c1-3-18-5-4-15(2)11-6-8(12(16)17)10(14)7-9(11)13/h6-7H,3-5,14H2,1-2H3,(H,16,17). The van der Waals surface area contributed by atoms with Gasteiger partial charge in [0.1, 0.15) is 5.82 Å². The summed E-state index contributed by atoms with van der Waals surface area (Å²) in [6.45, 7) is 3.36. The molecule has 3 N–H and O–H groups in total. The van der Waals surface area contributed by atoms with Crippen molar-refractivity contribution in [3.05, 3.63) is 23.5 Å². The highest BCUT2D eigenvalue weighted by Gasteiger charge is 2.15. The first-order valence-electron chi connectivity index (χ1n) is 5.58. The van der Waals surface area contributed by atoms with Gasteiger partial charge in [0.2, 0.25) is 0 Å². The van der Waals surface area contributed by atoms with Crippen molar-refractivity contribution in [3.63, 3.8) is 0 Å². The van der Waals surface area contributed by atoms with E-state index in [1.807, 2.05) is 6.92 Å². The molecule has 0 atom stereocenters. The molecule has 0 spiro atoms. The Morgan fingerprint density at radius 2 is 2.22 bits per heavy atom. The first-order valence-corrected chi connectivity index (χ1v) is 5.58. The van der Waals surface area contributed by atoms with Crippen molar-refractivity contribution >= 4 is 17.3 Å². The molecule has 1 aromatic carbocycles. The van der Waals surface area contributed by atoms with Crippen LogP contribution in [0.4, 0.5) is 15.8 Å². The fourth-order valence-electron chi connectivity index (χ4n) is 1.52. The maximum Gasteiger partial charge on any atom is 0.337 e. The van der Waals surface area contributed by atoms with Crippen molar-refractivity contribution in [2.24, 2.45) is 0 Å². The van der Waals surface area contributed by atoms with Crippen LogP contribution in [0.5, 0.6) is 0 Å². The zero-order valence-electron chi connectivity index (χ0n) is 10.4. The number of anilines is 2. The number of carbonyl (C=O) groups is 1. The largest absolute Gasteiger partial charge is 0.478 e. The average molecular weight is 256 g/mol. The molecule has 0 bridgehead atoms. The highest BCUT2D eigenvalue weighted by atomic mass is 19.1. The Labute approximate surface area is 105 Å². The quantitative estimate of drug-likeness (QED) is 0.597. The molecule has 5 nitrogen and oxygen atoms in total. The van der Waals surface area contributed by atoms with Gasteiger partial charge in [0.15, 0.2) is 0 Å². The Morgan fingerprint density at radius 3 is 2.78 bits per heavy atom. The molecule has 0 saturated carbocycles. The van der Waals surface area contributed by atoms with Crippen LogP contribution in [0.2, 0.25) is 0 Å². The number of hydrogen-bond acceptors (Lipinski definition) is 4. The van der Waals surface area contributed by atoms with Gasteiger partial charge in [0, 0.05) is 25.9 Å². The van der Waals surface area contributed by atoms with Crippen molar-refractivity contribution in [3.8, 4) is 0 Å². The molecule has 6 heteroatoms. The molecule has 0 aliphatic carbocycles. The second kappa shape index (κ2) is 6.20. The van der Waals surface area contributed by atoms with Crippen LogP contribution in [-0.4, -0.2) is 37.9 Å². The number of carboxylic acid groups (broad SMARTS) is 1. The zero-order valence-corrected chi connectivity index (χ0v) is 10.4. The summed E-state index contributed by atoms with van der Waals surface area (Å²) in [6.07, 6.45) is 0. The van der Waals surface area contributed by atoms with E-state index >= 15 is 0 Å². The fraction of sp³-hybridized carbons (Fsp3) is 0.417. The Morgan fingerprint density at radius 1 is 1.56 bits per heavy atom. The van der Waals surface area contributed by atoms with E-state index in [0.29, 0.717) is 19.8 Å². The molecule has 18 heavy (non-hydrogen) atoms. The number of benzene rings is 1. The van der Waals surface area contributed by atoms with Crippen molar-refractivity contribution in [1.82, 2.24) is 0 Å². The van der Waals surface area contributed by atoms with Crippen LogP contribution in [0.3, 0.4) is 0 Å². The summed E-state index contributed by atoms with van der Waals surface area (Å²) in [5, 5.41) is 8.93. The first kappa shape index (κ1) is 14.2. The third-order valence-corrected chi connectivity index (χ3v) is 2.54. The highest BCUT2D eigenvalue weighted by molar-refractivity contribution is 5.95. The number of nitrogens with two attached hydrogens (primary N) is 1.